The number of carbonyl (C=O) groups is 2. The van der Waals surface area contributed by atoms with E-state index in [1.54, 1.807) is 18.2 Å². The van der Waals surface area contributed by atoms with Crippen LogP contribution in [0.5, 0.6) is 11.5 Å². The number of rotatable bonds is 7. The van der Waals surface area contributed by atoms with Gasteiger partial charge in [-0.1, -0.05) is 35.3 Å². The van der Waals surface area contributed by atoms with E-state index in [9.17, 15) is 14.7 Å². The van der Waals surface area contributed by atoms with Crippen LogP contribution >= 0.6 is 23.2 Å². The monoisotopic (exact) mass is 409 g/mol. The van der Waals surface area contributed by atoms with E-state index in [4.69, 9.17) is 32.7 Å². The largest absolute Gasteiger partial charge is 0.493 e. The highest BCUT2D eigenvalue weighted by atomic mass is 35.5. The molecule has 0 atom stereocenters. The summed E-state index contributed by atoms with van der Waals surface area (Å²) in [6, 6.07) is 10.3. The van der Waals surface area contributed by atoms with Gasteiger partial charge in [0.25, 0.3) is 0 Å². The Bertz CT molecular complexity index is 896. The zero-order valence-electron chi connectivity index (χ0n) is 14.6. The Labute approximate surface area is 166 Å². The molecule has 1 amide bonds. The van der Waals surface area contributed by atoms with Gasteiger partial charge in [-0.2, -0.15) is 0 Å². The van der Waals surface area contributed by atoms with Gasteiger partial charge >= 0.3 is 5.97 Å². The van der Waals surface area contributed by atoms with Crippen molar-refractivity contribution in [3.63, 3.8) is 0 Å². The summed E-state index contributed by atoms with van der Waals surface area (Å²) >= 11 is 12.2. The third-order valence-electron chi connectivity index (χ3n) is 3.38. The fraction of sp³-hybridized carbons (Fsp3) is 0.158. The summed E-state index contributed by atoms with van der Waals surface area (Å²) in [6.07, 6.45) is 1.28. The molecule has 0 aliphatic heterocycles. The summed E-state index contributed by atoms with van der Waals surface area (Å²) in [6.45, 7) is 1.44. The number of ether oxygens (including phenoxy) is 2. The molecule has 27 heavy (non-hydrogen) atoms. The van der Waals surface area contributed by atoms with Crippen molar-refractivity contribution < 1.29 is 24.2 Å². The first-order valence-electron chi connectivity index (χ1n) is 7.77. The Morgan fingerprint density at radius 2 is 1.96 bits per heavy atom. The van der Waals surface area contributed by atoms with Gasteiger partial charge in [-0.15, -0.1) is 0 Å². The number of hydrogen-bond donors (Lipinski definition) is 2. The van der Waals surface area contributed by atoms with Crippen LogP contribution in [0.3, 0.4) is 0 Å². The number of aliphatic carboxylic acids is 1. The SMILES string of the molecule is COc1cc(C=C(NC(C)=O)C(=O)O)cc(Cl)c1OCc1cccc(Cl)c1. The number of benzene rings is 2. The third-order valence-corrected chi connectivity index (χ3v) is 3.89. The Morgan fingerprint density at radius 1 is 1.22 bits per heavy atom. The van der Waals surface area contributed by atoms with Crippen molar-refractivity contribution in [2.45, 2.75) is 13.5 Å². The molecule has 6 nitrogen and oxygen atoms in total. The van der Waals surface area contributed by atoms with Crippen molar-refractivity contribution in [1.82, 2.24) is 5.32 Å². The van der Waals surface area contributed by atoms with Crippen molar-refractivity contribution in [3.05, 3.63) is 63.3 Å². The summed E-state index contributed by atoms with van der Waals surface area (Å²) in [5, 5.41) is 12.3. The lowest BCUT2D eigenvalue weighted by Crippen LogP contribution is -2.24. The van der Waals surface area contributed by atoms with Gasteiger partial charge in [0.1, 0.15) is 12.3 Å². The highest BCUT2D eigenvalue weighted by Crippen LogP contribution is 2.37. The Balaban J connectivity index is 2.30. The second-order valence-corrected chi connectivity index (χ2v) is 6.34. The van der Waals surface area contributed by atoms with Gasteiger partial charge in [-0.05, 0) is 41.5 Å². The molecule has 0 spiro atoms. The highest BCUT2D eigenvalue weighted by Gasteiger charge is 2.14. The van der Waals surface area contributed by atoms with Crippen molar-refractivity contribution >= 4 is 41.2 Å². The second kappa shape index (κ2) is 9.30. The lowest BCUT2D eigenvalue weighted by atomic mass is 10.1. The number of halogens is 2. The van der Waals surface area contributed by atoms with E-state index >= 15 is 0 Å². The van der Waals surface area contributed by atoms with Gasteiger partial charge in [-0.3, -0.25) is 4.79 Å². The molecule has 0 fully saturated rings. The van der Waals surface area contributed by atoms with E-state index in [1.807, 2.05) is 12.1 Å². The van der Waals surface area contributed by atoms with E-state index in [2.05, 4.69) is 5.32 Å². The molecule has 2 aromatic carbocycles. The maximum absolute atomic E-state index is 11.2. The molecule has 0 aliphatic carbocycles. The second-order valence-electron chi connectivity index (χ2n) is 5.50. The predicted octanol–water partition coefficient (Wildman–Crippen LogP) is 4.14. The molecule has 2 rings (SSSR count). The zero-order chi connectivity index (χ0) is 20.0. The van der Waals surface area contributed by atoms with Gasteiger partial charge in [-0.25, -0.2) is 4.79 Å². The average molecular weight is 410 g/mol. The maximum Gasteiger partial charge on any atom is 0.352 e. The summed E-state index contributed by atoms with van der Waals surface area (Å²) in [5.74, 6) is -1.14. The van der Waals surface area contributed by atoms with E-state index in [1.165, 1.54) is 26.2 Å². The predicted molar refractivity (Wildman–Crippen MR) is 103 cm³/mol. The molecule has 0 heterocycles. The molecule has 0 radical (unpaired) electrons. The quantitative estimate of drug-likeness (QED) is 0.671. The van der Waals surface area contributed by atoms with Crippen LogP contribution in [-0.2, 0) is 16.2 Å². The highest BCUT2D eigenvalue weighted by molar-refractivity contribution is 6.32. The molecule has 142 valence electrons. The van der Waals surface area contributed by atoms with Crippen molar-refractivity contribution in [3.8, 4) is 11.5 Å². The molecule has 0 bridgehead atoms. The van der Waals surface area contributed by atoms with Crippen LogP contribution in [0.25, 0.3) is 6.08 Å². The number of hydrogen-bond acceptors (Lipinski definition) is 4. The van der Waals surface area contributed by atoms with Crippen LogP contribution in [0.15, 0.2) is 42.1 Å². The maximum atomic E-state index is 11.2. The number of amides is 1. The van der Waals surface area contributed by atoms with Crippen molar-refractivity contribution in [2.75, 3.05) is 7.11 Å². The van der Waals surface area contributed by atoms with Crippen molar-refractivity contribution in [2.24, 2.45) is 0 Å². The normalized spacial score (nSPS) is 11.0. The fourth-order valence-electron chi connectivity index (χ4n) is 2.25. The van der Waals surface area contributed by atoms with E-state index in [0.717, 1.165) is 5.56 Å². The molecule has 2 N–H and O–H groups in total. The topological polar surface area (TPSA) is 84.9 Å². The van der Waals surface area contributed by atoms with E-state index in [0.29, 0.717) is 22.1 Å². The van der Waals surface area contributed by atoms with Gasteiger partial charge in [0.2, 0.25) is 5.91 Å². The first-order valence-corrected chi connectivity index (χ1v) is 8.53. The Hall–Kier alpha value is -2.70. The lowest BCUT2D eigenvalue weighted by Gasteiger charge is -2.14. The van der Waals surface area contributed by atoms with Crippen LogP contribution in [0.2, 0.25) is 10.0 Å². The van der Waals surface area contributed by atoms with E-state index < -0.39 is 11.9 Å². The smallest absolute Gasteiger partial charge is 0.352 e. The number of carboxylic acids is 1. The van der Waals surface area contributed by atoms with Gasteiger partial charge in [0.05, 0.1) is 12.1 Å². The van der Waals surface area contributed by atoms with Gasteiger partial charge < -0.3 is 19.9 Å². The van der Waals surface area contributed by atoms with Crippen LogP contribution in [0, 0.1) is 0 Å². The zero-order valence-corrected chi connectivity index (χ0v) is 16.1. The van der Waals surface area contributed by atoms with Gasteiger partial charge in [0.15, 0.2) is 11.5 Å². The number of nitrogens with one attached hydrogen (secondary N) is 1. The number of methoxy groups -OCH3 is 1. The first kappa shape index (κ1) is 20.6. The molecule has 0 aliphatic rings. The molecular formula is C19H17Cl2NO5. The minimum Gasteiger partial charge on any atom is -0.493 e. The molecule has 0 aromatic heterocycles. The first-order chi connectivity index (χ1) is 12.8. The number of carbonyl (C=O) groups excluding carboxylic acids is 1. The van der Waals surface area contributed by atoms with Crippen LogP contribution in [0.1, 0.15) is 18.1 Å². The third kappa shape index (κ3) is 5.91. The minimum atomic E-state index is -1.28. The number of carboxylic acid groups (broad SMARTS) is 1. The molecule has 2 aromatic rings. The fourth-order valence-corrected chi connectivity index (χ4v) is 2.74. The standard InChI is InChI=1S/C19H17Cl2NO5/c1-11(23)22-16(19(24)25)8-13-7-15(21)18(17(9-13)26-2)27-10-12-4-3-5-14(20)6-12/h3-9H,10H2,1-2H3,(H,22,23)(H,24,25). The molecular weight excluding hydrogens is 393 g/mol. The molecule has 0 unspecified atom stereocenters. The summed E-state index contributed by atoms with van der Waals surface area (Å²) in [5.41, 5.74) is 0.995. The van der Waals surface area contributed by atoms with Crippen molar-refractivity contribution in [1.29, 1.82) is 0 Å². The molecule has 0 saturated carbocycles. The summed E-state index contributed by atoms with van der Waals surface area (Å²) in [7, 11) is 1.44. The minimum absolute atomic E-state index is 0.220. The average Bonchev–Trinajstić information content (AvgIpc) is 2.59. The molecule has 8 heteroatoms. The molecule has 0 saturated heterocycles. The lowest BCUT2D eigenvalue weighted by molar-refractivity contribution is -0.134. The Kier molecular flexibility index (Phi) is 7.10. The Morgan fingerprint density at radius 3 is 2.56 bits per heavy atom. The van der Waals surface area contributed by atoms with Crippen LogP contribution in [-0.4, -0.2) is 24.1 Å². The summed E-state index contributed by atoms with van der Waals surface area (Å²) in [4.78, 5) is 22.4. The van der Waals surface area contributed by atoms with E-state index in [-0.39, 0.29) is 17.3 Å². The van der Waals surface area contributed by atoms with Gasteiger partial charge in [0, 0.05) is 11.9 Å². The summed E-state index contributed by atoms with van der Waals surface area (Å²) < 4.78 is 11.1. The van der Waals surface area contributed by atoms with Crippen LogP contribution in [0.4, 0.5) is 0 Å². The van der Waals surface area contributed by atoms with Crippen LogP contribution < -0.4 is 14.8 Å².